The molecule has 5 heteroatoms. The standard InChI is InChI=1S/C25H31N3O2/c1-18-16-22(18)23(29)28-14-10-25(11-15-28,24(30)27(2)3)17-20-6-4-5-7-21(20)19-8-12-26-13-9-19/h4-9,12-13,18,22H,10-11,14-17H2,1-3H3/t18-,22+/m1/s1. The van der Waals surface area contributed by atoms with E-state index >= 15 is 0 Å². The molecule has 30 heavy (non-hydrogen) atoms. The fourth-order valence-electron chi connectivity index (χ4n) is 4.85. The number of aromatic nitrogens is 1. The highest BCUT2D eigenvalue weighted by Gasteiger charge is 2.47. The molecular formula is C25H31N3O2. The van der Waals surface area contributed by atoms with Gasteiger partial charge in [-0.1, -0.05) is 31.2 Å². The zero-order chi connectivity index (χ0) is 21.3. The van der Waals surface area contributed by atoms with E-state index in [2.05, 4.69) is 24.0 Å². The summed E-state index contributed by atoms with van der Waals surface area (Å²) in [6.45, 7) is 3.47. The third kappa shape index (κ3) is 3.98. The minimum atomic E-state index is -0.474. The highest BCUT2D eigenvalue weighted by molar-refractivity contribution is 5.85. The molecule has 1 saturated heterocycles. The molecule has 0 radical (unpaired) electrons. The van der Waals surface area contributed by atoms with Crippen LogP contribution in [0, 0.1) is 17.3 Å². The molecule has 1 aromatic heterocycles. The Bertz CT molecular complexity index is 917. The van der Waals surface area contributed by atoms with E-state index < -0.39 is 5.41 Å². The van der Waals surface area contributed by atoms with Crippen LogP contribution < -0.4 is 0 Å². The second kappa shape index (κ2) is 8.21. The van der Waals surface area contributed by atoms with Crippen molar-refractivity contribution in [2.75, 3.05) is 27.2 Å². The first kappa shape index (κ1) is 20.6. The van der Waals surface area contributed by atoms with Gasteiger partial charge in [-0.05, 0) is 60.4 Å². The number of nitrogens with zero attached hydrogens (tertiary/aromatic N) is 3. The maximum atomic E-state index is 13.4. The number of piperidine rings is 1. The van der Waals surface area contributed by atoms with Crippen molar-refractivity contribution >= 4 is 11.8 Å². The van der Waals surface area contributed by atoms with Crippen LogP contribution in [0.2, 0.25) is 0 Å². The lowest BCUT2D eigenvalue weighted by molar-refractivity contribution is -0.146. The Kier molecular flexibility index (Phi) is 5.63. The number of amides is 2. The first-order valence-corrected chi connectivity index (χ1v) is 10.9. The molecule has 2 atom stereocenters. The van der Waals surface area contributed by atoms with E-state index in [-0.39, 0.29) is 17.7 Å². The summed E-state index contributed by atoms with van der Waals surface area (Å²) in [5, 5.41) is 0. The van der Waals surface area contributed by atoms with Gasteiger partial charge in [-0.2, -0.15) is 0 Å². The van der Waals surface area contributed by atoms with Crippen LogP contribution in [0.5, 0.6) is 0 Å². The van der Waals surface area contributed by atoms with Gasteiger partial charge in [-0.15, -0.1) is 0 Å². The predicted octanol–water partition coefficient (Wildman–Crippen LogP) is 3.64. The van der Waals surface area contributed by atoms with Gasteiger partial charge in [0.25, 0.3) is 0 Å². The summed E-state index contributed by atoms with van der Waals surface area (Å²) in [5.41, 5.74) is 2.97. The Morgan fingerprint density at radius 2 is 1.73 bits per heavy atom. The van der Waals surface area contributed by atoms with E-state index in [9.17, 15) is 9.59 Å². The van der Waals surface area contributed by atoms with Crippen molar-refractivity contribution in [1.29, 1.82) is 0 Å². The first-order chi connectivity index (χ1) is 14.4. The molecule has 0 spiro atoms. The largest absolute Gasteiger partial charge is 0.348 e. The minimum Gasteiger partial charge on any atom is -0.348 e. The van der Waals surface area contributed by atoms with Crippen molar-refractivity contribution in [3.8, 4) is 11.1 Å². The molecule has 158 valence electrons. The van der Waals surface area contributed by atoms with Crippen LogP contribution in [0.3, 0.4) is 0 Å². The van der Waals surface area contributed by atoms with Crippen molar-refractivity contribution in [3.05, 3.63) is 54.4 Å². The van der Waals surface area contributed by atoms with Gasteiger partial charge in [-0.25, -0.2) is 0 Å². The molecule has 1 aliphatic carbocycles. The van der Waals surface area contributed by atoms with Crippen LogP contribution in [-0.2, 0) is 16.0 Å². The number of carbonyl (C=O) groups excluding carboxylic acids is 2. The van der Waals surface area contributed by atoms with E-state index in [0.29, 0.717) is 38.3 Å². The zero-order valence-corrected chi connectivity index (χ0v) is 18.2. The maximum Gasteiger partial charge on any atom is 0.228 e. The second-order valence-corrected chi connectivity index (χ2v) is 9.19. The van der Waals surface area contributed by atoms with Crippen LogP contribution in [0.15, 0.2) is 48.8 Å². The van der Waals surface area contributed by atoms with Crippen molar-refractivity contribution in [3.63, 3.8) is 0 Å². The lowest BCUT2D eigenvalue weighted by Gasteiger charge is -2.42. The van der Waals surface area contributed by atoms with E-state index in [1.807, 2.05) is 43.3 Å². The number of rotatable bonds is 5. The summed E-state index contributed by atoms with van der Waals surface area (Å²) in [5.74, 6) is 1.17. The van der Waals surface area contributed by atoms with E-state index in [1.54, 1.807) is 17.3 Å². The summed E-state index contributed by atoms with van der Waals surface area (Å²) in [6.07, 6.45) is 6.72. The Labute approximate surface area is 179 Å². The average Bonchev–Trinajstić information content (AvgIpc) is 3.50. The van der Waals surface area contributed by atoms with Crippen LogP contribution in [0.1, 0.15) is 31.7 Å². The lowest BCUT2D eigenvalue weighted by Crippen LogP contribution is -2.51. The molecule has 1 aliphatic heterocycles. The predicted molar refractivity (Wildman–Crippen MR) is 118 cm³/mol. The fourth-order valence-corrected chi connectivity index (χ4v) is 4.85. The fraction of sp³-hybridized carbons (Fsp3) is 0.480. The molecule has 5 nitrogen and oxygen atoms in total. The van der Waals surface area contributed by atoms with Crippen LogP contribution in [0.4, 0.5) is 0 Å². The van der Waals surface area contributed by atoms with Gasteiger partial charge in [0.15, 0.2) is 0 Å². The van der Waals surface area contributed by atoms with Gasteiger partial charge in [-0.3, -0.25) is 14.6 Å². The summed E-state index contributed by atoms with van der Waals surface area (Å²) < 4.78 is 0. The lowest BCUT2D eigenvalue weighted by atomic mass is 9.71. The Morgan fingerprint density at radius 1 is 1.10 bits per heavy atom. The van der Waals surface area contributed by atoms with Gasteiger partial charge >= 0.3 is 0 Å². The summed E-state index contributed by atoms with van der Waals surface area (Å²) >= 11 is 0. The number of carbonyl (C=O) groups is 2. The summed E-state index contributed by atoms with van der Waals surface area (Å²) in [4.78, 5) is 33.9. The molecule has 4 rings (SSSR count). The van der Waals surface area contributed by atoms with Gasteiger partial charge in [0, 0.05) is 45.5 Å². The molecule has 2 aliphatic rings. The van der Waals surface area contributed by atoms with Gasteiger partial charge in [0.05, 0.1) is 5.41 Å². The average molecular weight is 406 g/mol. The Morgan fingerprint density at radius 3 is 2.33 bits per heavy atom. The number of pyridine rings is 1. The Hall–Kier alpha value is -2.69. The Balaban J connectivity index is 1.59. The monoisotopic (exact) mass is 405 g/mol. The molecule has 2 amide bonds. The molecule has 1 saturated carbocycles. The number of likely N-dealkylation sites (tertiary alicyclic amines) is 1. The normalized spacial score (nSPS) is 22.4. The molecule has 1 aromatic carbocycles. The maximum absolute atomic E-state index is 13.4. The highest BCUT2D eigenvalue weighted by atomic mass is 16.2. The number of hydrogen-bond donors (Lipinski definition) is 0. The zero-order valence-electron chi connectivity index (χ0n) is 18.2. The first-order valence-electron chi connectivity index (χ1n) is 10.9. The third-order valence-electron chi connectivity index (χ3n) is 6.86. The van der Waals surface area contributed by atoms with Gasteiger partial charge in [0.2, 0.25) is 11.8 Å². The van der Waals surface area contributed by atoms with E-state index in [0.717, 1.165) is 17.5 Å². The van der Waals surface area contributed by atoms with E-state index in [4.69, 9.17) is 0 Å². The van der Waals surface area contributed by atoms with Crippen molar-refractivity contribution < 1.29 is 9.59 Å². The van der Waals surface area contributed by atoms with Crippen LogP contribution >= 0.6 is 0 Å². The molecule has 0 unspecified atom stereocenters. The summed E-state index contributed by atoms with van der Waals surface area (Å²) in [6, 6.07) is 12.4. The second-order valence-electron chi connectivity index (χ2n) is 9.19. The van der Waals surface area contributed by atoms with Crippen molar-refractivity contribution in [2.45, 2.75) is 32.6 Å². The van der Waals surface area contributed by atoms with Crippen LogP contribution in [0.25, 0.3) is 11.1 Å². The number of hydrogen-bond acceptors (Lipinski definition) is 3. The molecule has 2 heterocycles. The van der Waals surface area contributed by atoms with Crippen molar-refractivity contribution in [1.82, 2.24) is 14.8 Å². The van der Waals surface area contributed by atoms with Gasteiger partial charge < -0.3 is 9.80 Å². The molecular weight excluding hydrogens is 374 g/mol. The molecule has 2 aromatic rings. The molecule has 2 fully saturated rings. The molecule has 0 N–H and O–H groups in total. The van der Waals surface area contributed by atoms with Crippen molar-refractivity contribution in [2.24, 2.45) is 17.3 Å². The van der Waals surface area contributed by atoms with Gasteiger partial charge in [0.1, 0.15) is 0 Å². The quantitative estimate of drug-likeness (QED) is 0.763. The minimum absolute atomic E-state index is 0.166. The smallest absolute Gasteiger partial charge is 0.228 e. The number of benzene rings is 1. The molecule has 0 bridgehead atoms. The highest BCUT2D eigenvalue weighted by Crippen LogP contribution is 2.43. The van der Waals surface area contributed by atoms with Crippen LogP contribution in [-0.4, -0.2) is 53.8 Å². The topological polar surface area (TPSA) is 53.5 Å². The van der Waals surface area contributed by atoms with E-state index in [1.165, 1.54) is 5.56 Å². The third-order valence-corrected chi connectivity index (χ3v) is 6.86. The SMILES string of the molecule is C[C@@H]1C[C@@H]1C(=O)N1CCC(Cc2ccccc2-c2ccncc2)(C(=O)N(C)C)CC1. The summed E-state index contributed by atoms with van der Waals surface area (Å²) in [7, 11) is 3.67.